The Morgan fingerprint density at radius 2 is 2.07 bits per heavy atom. The van der Waals surface area contributed by atoms with Crippen molar-refractivity contribution >= 4 is 21.8 Å². The van der Waals surface area contributed by atoms with Gasteiger partial charge in [-0.2, -0.15) is 0 Å². The van der Waals surface area contributed by atoms with Gasteiger partial charge >= 0.3 is 0 Å². The van der Waals surface area contributed by atoms with E-state index in [4.69, 9.17) is 5.73 Å². The lowest BCUT2D eigenvalue weighted by molar-refractivity contribution is 0.0997. The van der Waals surface area contributed by atoms with Crippen molar-refractivity contribution in [1.29, 1.82) is 0 Å². The Labute approximate surface area is 91.1 Å². The van der Waals surface area contributed by atoms with Crippen molar-refractivity contribution in [1.82, 2.24) is 0 Å². The predicted molar refractivity (Wildman–Crippen MR) is 58.4 cm³/mol. The maximum Gasteiger partial charge on any atom is 0.252 e. The molecule has 0 bridgehead atoms. The van der Waals surface area contributed by atoms with Crippen molar-refractivity contribution in [3.8, 4) is 5.75 Å². The van der Waals surface area contributed by atoms with E-state index in [1.54, 1.807) is 12.1 Å². The molecule has 1 aromatic carbocycles. The van der Waals surface area contributed by atoms with Crippen LogP contribution in [0.4, 0.5) is 0 Å². The van der Waals surface area contributed by atoms with Crippen LogP contribution in [0.15, 0.2) is 16.6 Å². The molecule has 0 aliphatic carbocycles. The van der Waals surface area contributed by atoms with E-state index >= 15 is 0 Å². The molecule has 0 heterocycles. The van der Waals surface area contributed by atoms with E-state index in [9.17, 15) is 9.90 Å². The molecule has 0 radical (unpaired) electrons. The topological polar surface area (TPSA) is 63.3 Å². The number of hydrogen-bond donors (Lipinski definition) is 2. The van der Waals surface area contributed by atoms with Gasteiger partial charge in [0, 0.05) is 0 Å². The summed E-state index contributed by atoms with van der Waals surface area (Å²) in [5, 5.41) is 9.53. The fraction of sp³-hybridized carbons (Fsp3) is 0.300. The standard InChI is InChI=1S/C10H12BrNO2/c1-5(2)6-3-7(10(12)14)9(13)8(11)4-6/h3-5,13H,1-2H3,(H2,12,14). The Morgan fingerprint density at radius 3 is 2.50 bits per heavy atom. The van der Waals surface area contributed by atoms with Crippen LogP contribution in [0.5, 0.6) is 5.75 Å². The van der Waals surface area contributed by atoms with E-state index in [1.807, 2.05) is 13.8 Å². The van der Waals surface area contributed by atoms with Crippen molar-refractivity contribution < 1.29 is 9.90 Å². The molecule has 0 saturated heterocycles. The van der Waals surface area contributed by atoms with Crippen LogP contribution in [-0.4, -0.2) is 11.0 Å². The molecule has 14 heavy (non-hydrogen) atoms. The zero-order valence-electron chi connectivity index (χ0n) is 8.04. The maximum absolute atomic E-state index is 11.0. The average Bonchev–Trinajstić information content (AvgIpc) is 2.08. The highest BCUT2D eigenvalue weighted by Crippen LogP contribution is 2.31. The molecule has 3 nitrogen and oxygen atoms in total. The number of primary amides is 1. The first kappa shape index (κ1) is 11.0. The van der Waals surface area contributed by atoms with E-state index in [0.717, 1.165) is 5.56 Å². The van der Waals surface area contributed by atoms with Crippen molar-refractivity contribution in [2.75, 3.05) is 0 Å². The number of nitrogens with two attached hydrogens (primary N) is 1. The number of carbonyl (C=O) groups is 1. The van der Waals surface area contributed by atoms with Gasteiger partial charge in [0.05, 0.1) is 10.0 Å². The van der Waals surface area contributed by atoms with E-state index in [1.165, 1.54) is 0 Å². The highest BCUT2D eigenvalue weighted by molar-refractivity contribution is 9.10. The third kappa shape index (κ3) is 2.07. The first-order valence-electron chi connectivity index (χ1n) is 4.25. The zero-order valence-corrected chi connectivity index (χ0v) is 9.63. The lowest BCUT2D eigenvalue weighted by atomic mass is 10.00. The molecule has 0 aliphatic rings. The van der Waals surface area contributed by atoms with Crippen molar-refractivity contribution in [2.24, 2.45) is 5.73 Å². The number of amides is 1. The SMILES string of the molecule is CC(C)c1cc(Br)c(O)c(C(N)=O)c1. The molecule has 0 aromatic heterocycles. The summed E-state index contributed by atoms with van der Waals surface area (Å²) in [7, 11) is 0. The quantitative estimate of drug-likeness (QED) is 0.855. The summed E-state index contributed by atoms with van der Waals surface area (Å²) in [6.07, 6.45) is 0. The van der Waals surface area contributed by atoms with Crippen LogP contribution in [0.1, 0.15) is 35.7 Å². The Hall–Kier alpha value is -1.03. The first-order chi connectivity index (χ1) is 6.43. The molecule has 0 unspecified atom stereocenters. The number of halogens is 1. The van der Waals surface area contributed by atoms with Gasteiger partial charge in [0.1, 0.15) is 5.75 Å². The molecule has 4 heteroatoms. The van der Waals surface area contributed by atoms with Gasteiger partial charge in [-0.3, -0.25) is 4.79 Å². The number of aromatic hydroxyl groups is 1. The molecule has 1 rings (SSSR count). The lowest BCUT2D eigenvalue weighted by Gasteiger charge is -2.09. The highest BCUT2D eigenvalue weighted by Gasteiger charge is 2.13. The van der Waals surface area contributed by atoms with Crippen LogP contribution >= 0.6 is 15.9 Å². The normalized spacial score (nSPS) is 10.6. The molecular weight excluding hydrogens is 246 g/mol. The van der Waals surface area contributed by atoms with Crippen molar-refractivity contribution in [3.05, 3.63) is 27.7 Å². The number of carbonyl (C=O) groups excluding carboxylic acids is 1. The average molecular weight is 258 g/mol. The van der Waals surface area contributed by atoms with Crippen LogP contribution in [-0.2, 0) is 0 Å². The van der Waals surface area contributed by atoms with Gasteiger partial charge in [0.15, 0.2) is 0 Å². The Bertz CT molecular complexity index is 375. The van der Waals surface area contributed by atoms with Crippen LogP contribution in [0.3, 0.4) is 0 Å². The van der Waals surface area contributed by atoms with E-state index in [2.05, 4.69) is 15.9 Å². The van der Waals surface area contributed by atoms with Gasteiger partial charge in [-0.1, -0.05) is 13.8 Å². The Kier molecular flexibility index (Phi) is 3.16. The van der Waals surface area contributed by atoms with Crippen LogP contribution < -0.4 is 5.73 Å². The maximum atomic E-state index is 11.0. The second kappa shape index (κ2) is 4.00. The molecular formula is C10H12BrNO2. The number of phenols is 1. The molecule has 1 amide bonds. The molecule has 1 aromatic rings. The van der Waals surface area contributed by atoms with Gasteiger partial charge in [-0.05, 0) is 39.5 Å². The van der Waals surface area contributed by atoms with Gasteiger partial charge in [0.25, 0.3) is 5.91 Å². The minimum atomic E-state index is -0.620. The first-order valence-corrected chi connectivity index (χ1v) is 5.05. The fourth-order valence-corrected chi connectivity index (χ4v) is 1.62. The molecule has 0 atom stereocenters. The molecule has 76 valence electrons. The largest absolute Gasteiger partial charge is 0.506 e. The summed E-state index contributed by atoms with van der Waals surface area (Å²) < 4.78 is 0.498. The molecule has 3 N–H and O–H groups in total. The summed E-state index contributed by atoms with van der Waals surface area (Å²) in [4.78, 5) is 11.0. The van der Waals surface area contributed by atoms with Crippen LogP contribution in [0, 0.1) is 0 Å². The number of rotatable bonds is 2. The van der Waals surface area contributed by atoms with Gasteiger partial charge in [-0.15, -0.1) is 0 Å². The lowest BCUT2D eigenvalue weighted by Crippen LogP contribution is -2.12. The van der Waals surface area contributed by atoms with Crippen LogP contribution in [0.25, 0.3) is 0 Å². The fourth-order valence-electron chi connectivity index (χ4n) is 1.14. The molecule has 0 saturated carbocycles. The second-order valence-corrected chi connectivity index (χ2v) is 4.27. The second-order valence-electron chi connectivity index (χ2n) is 3.42. The molecule has 0 aliphatic heterocycles. The van der Waals surface area contributed by atoms with E-state index < -0.39 is 5.91 Å². The third-order valence-electron chi connectivity index (χ3n) is 2.02. The Balaban J connectivity index is 3.35. The van der Waals surface area contributed by atoms with E-state index in [0.29, 0.717) is 4.47 Å². The van der Waals surface area contributed by atoms with Crippen molar-refractivity contribution in [2.45, 2.75) is 19.8 Å². The van der Waals surface area contributed by atoms with Gasteiger partial charge in [-0.25, -0.2) is 0 Å². The smallest absolute Gasteiger partial charge is 0.252 e. The molecule has 0 fully saturated rings. The minimum absolute atomic E-state index is 0.0955. The highest BCUT2D eigenvalue weighted by atomic mass is 79.9. The summed E-state index contributed by atoms with van der Waals surface area (Å²) >= 11 is 3.18. The number of hydrogen-bond acceptors (Lipinski definition) is 2. The summed E-state index contributed by atoms with van der Waals surface area (Å²) in [5.74, 6) is -0.433. The van der Waals surface area contributed by atoms with E-state index in [-0.39, 0.29) is 17.2 Å². The predicted octanol–water partition coefficient (Wildman–Crippen LogP) is 2.38. The minimum Gasteiger partial charge on any atom is -0.506 e. The summed E-state index contributed by atoms with van der Waals surface area (Å²) in [6, 6.07) is 3.40. The summed E-state index contributed by atoms with van der Waals surface area (Å²) in [6.45, 7) is 4.01. The number of benzene rings is 1. The monoisotopic (exact) mass is 257 g/mol. The third-order valence-corrected chi connectivity index (χ3v) is 2.62. The van der Waals surface area contributed by atoms with Gasteiger partial charge < -0.3 is 10.8 Å². The van der Waals surface area contributed by atoms with Crippen LogP contribution in [0.2, 0.25) is 0 Å². The Morgan fingerprint density at radius 1 is 1.50 bits per heavy atom. The van der Waals surface area contributed by atoms with Crippen molar-refractivity contribution in [3.63, 3.8) is 0 Å². The molecule has 0 spiro atoms. The van der Waals surface area contributed by atoms with Gasteiger partial charge in [0.2, 0.25) is 0 Å². The zero-order chi connectivity index (χ0) is 10.9. The summed E-state index contributed by atoms with van der Waals surface area (Å²) in [5.41, 5.74) is 6.25.